The number of rotatable bonds is 7. The van der Waals surface area contributed by atoms with Gasteiger partial charge in [-0.15, -0.1) is 0 Å². The van der Waals surface area contributed by atoms with Crippen LogP contribution in [0.3, 0.4) is 0 Å². The smallest absolute Gasteiger partial charge is 0.410 e. The lowest BCUT2D eigenvalue weighted by Crippen LogP contribution is -2.37. The Balaban J connectivity index is 2.26. The van der Waals surface area contributed by atoms with Gasteiger partial charge in [-0.2, -0.15) is 5.26 Å². The SMILES string of the molecule is CN(CCNCc1ccc(OCC#N)cc1)C(=O)OC(C)(C)C. The number of ether oxygens (including phenoxy) is 2. The van der Waals surface area contributed by atoms with Crippen LogP contribution in [0.5, 0.6) is 5.75 Å². The van der Waals surface area contributed by atoms with Crippen molar-refractivity contribution in [2.45, 2.75) is 32.9 Å². The van der Waals surface area contributed by atoms with Crippen molar-refractivity contribution in [3.63, 3.8) is 0 Å². The molecule has 23 heavy (non-hydrogen) atoms. The predicted octanol–water partition coefficient (Wildman–Crippen LogP) is 2.55. The third-order valence-corrected chi connectivity index (χ3v) is 2.89. The molecular formula is C17H25N3O3. The van der Waals surface area contributed by atoms with Gasteiger partial charge in [-0.1, -0.05) is 12.1 Å². The number of benzene rings is 1. The Hall–Kier alpha value is -2.26. The van der Waals surface area contributed by atoms with E-state index in [0.717, 1.165) is 5.56 Å². The van der Waals surface area contributed by atoms with Crippen LogP contribution in [-0.2, 0) is 11.3 Å². The van der Waals surface area contributed by atoms with Gasteiger partial charge in [-0.05, 0) is 38.5 Å². The molecule has 0 saturated carbocycles. The van der Waals surface area contributed by atoms with Crippen molar-refractivity contribution in [3.05, 3.63) is 29.8 Å². The molecule has 0 fully saturated rings. The number of hydrogen-bond donors (Lipinski definition) is 1. The quantitative estimate of drug-likeness (QED) is 0.782. The number of nitrogens with one attached hydrogen (secondary N) is 1. The highest BCUT2D eigenvalue weighted by Gasteiger charge is 2.18. The monoisotopic (exact) mass is 319 g/mol. The maximum absolute atomic E-state index is 11.8. The molecule has 0 aliphatic heterocycles. The van der Waals surface area contributed by atoms with E-state index in [1.807, 2.05) is 51.1 Å². The summed E-state index contributed by atoms with van der Waals surface area (Å²) in [5, 5.41) is 11.7. The fraction of sp³-hybridized carbons (Fsp3) is 0.529. The number of nitriles is 1. The molecule has 0 spiro atoms. The predicted molar refractivity (Wildman–Crippen MR) is 88.1 cm³/mol. The zero-order valence-electron chi connectivity index (χ0n) is 14.3. The van der Waals surface area contributed by atoms with Crippen molar-refractivity contribution in [1.29, 1.82) is 5.26 Å². The van der Waals surface area contributed by atoms with E-state index < -0.39 is 5.60 Å². The molecule has 0 atom stereocenters. The summed E-state index contributed by atoms with van der Waals surface area (Å²) < 4.78 is 10.5. The summed E-state index contributed by atoms with van der Waals surface area (Å²) in [6.07, 6.45) is -0.321. The summed E-state index contributed by atoms with van der Waals surface area (Å²) in [4.78, 5) is 13.3. The zero-order chi connectivity index (χ0) is 17.3. The van der Waals surface area contributed by atoms with Crippen LogP contribution in [0.15, 0.2) is 24.3 Å². The van der Waals surface area contributed by atoms with Crippen molar-refractivity contribution in [3.8, 4) is 11.8 Å². The maximum Gasteiger partial charge on any atom is 0.410 e. The van der Waals surface area contributed by atoms with Crippen molar-refractivity contribution in [1.82, 2.24) is 10.2 Å². The molecule has 6 nitrogen and oxygen atoms in total. The molecule has 6 heteroatoms. The molecule has 1 N–H and O–H groups in total. The van der Waals surface area contributed by atoms with Gasteiger partial charge < -0.3 is 19.7 Å². The highest BCUT2D eigenvalue weighted by Crippen LogP contribution is 2.12. The fourth-order valence-electron chi connectivity index (χ4n) is 1.73. The molecule has 1 aromatic rings. The molecule has 0 bridgehead atoms. The van der Waals surface area contributed by atoms with Crippen LogP contribution in [0.25, 0.3) is 0 Å². The summed E-state index contributed by atoms with van der Waals surface area (Å²) in [5.41, 5.74) is 0.628. The molecule has 1 rings (SSSR count). The van der Waals surface area contributed by atoms with Crippen LogP contribution in [0.1, 0.15) is 26.3 Å². The minimum Gasteiger partial charge on any atom is -0.479 e. The van der Waals surface area contributed by atoms with Crippen LogP contribution in [0.2, 0.25) is 0 Å². The Morgan fingerprint density at radius 3 is 2.52 bits per heavy atom. The van der Waals surface area contributed by atoms with Crippen molar-refractivity contribution >= 4 is 6.09 Å². The van der Waals surface area contributed by atoms with E-state index in [1.165, 1.54) is 0 Å². The first-order valence-corrected chi connectivity index (χ1v) is 7.55. The standard InChI is InChI=1S/C17H25N3O3/c1-17(2,3)23-16(21)20(4)11-10-19-13-14-5-7-15(8-6-14)22-12-9-18/h5-8,19H,10-13H2,1-4H3. The topological polar surface area (TPSA) is 74.6 Å². The van der Waals surface area contributed by atoms with E-state index in [4.69, 9.17) is 14.7 Å². The van der Waals surface area contributed by atoms with Gasteiger partial charge in [0.05, 0.1) is 0 Å². The molecule has 0 aliphatic rings. The molecule has 1 amide bonds. The van der Waals surface area contributed by atoms with Crippen molar-refractivity contribution in [2.75, 3.05) is 26.7 Å². The average molecular weight is 319 g/mol. The van der Waals surface area contributed by atoms with Gasteiger partial charge in [0.25, 0.3) is 0 Å². The largest absolute Gasteiger partial charge is 0.479 e. The Bertz CT molecular complexity index is 529. The molecule has 0 aromatic heterocycles. The van der Waals surface area contributed by atoms with Gasteiger partial charge >= 0.3 is 6.09 Å². The van der Waals surface area contributed by atoms with Crippen LogP contribution in [0.4, 0.5) is 4.79 Å². The minimum absolute atomic E-state index is 0.0502. The first-order valence-electron chi connectivity index (χ1n) is 7.55. The lowest BCUT2D eigenvalue weighted by Gasteiger charge is -2.24. The van der Waals surface area contributed by atoms with E-state index in [-0.39, 0.29) is 12.7 Å². The van der Waals surface area contributed by atoms with E-state index in [1.54, 1.807) is 11.9 Å². The second-order valence-corrected chi connectivity index (χ2v) is 6.17. The Labute approximate surface area is 138 Å². The van der Waals surface area contributed by atoms with E-state index >= 15 is 0 Å². The highest BCUT2D eigenvalue weighted by molar-refractivity contribution is 5.67. The third-order valence-electron chi connectivity index (χ3n) is 2.89. The molecular weight excluding hydrogens is 294 g/mol. The van der Waals surface area contributed by atoms with Crippen LogP contribution >= 0.6 is 0 Å². The fourth-order valence-corrected chi connectivity index (χ4v) is 1.73. The normalized spacial score (nSPS) is 10.7. The first-order chi connectivity index (χ1) is 10.8. The lowest BCUT2D eigenvalue weighted by atomic mass is 10.2. The average Bonchev–Trinajstić information content (AvgIpc) is 2.48. The van der Waals surface area contributed by atoms with Crippen molar-refractivity contribution in [2.24, 2.45) is 0 Å². The van der Waals surface area contributed by atoms with Crippen molar-refractivity contribution < 1.29 is 14.3 Å². The summed E-state index contributed by atoms with van der Waals surface area (Å²) in [6, 6.07) is 9.48. The minimum atomic E-state index is -0.478. The number of amides is 1. The maximum atomic E-state index is 11.8. The zero-order valence-corrected chi connectivity index (χ0v) is 14.3. The molecule has 0 saturated heterocycles. The summed E-state index contributed by atoms with van der Waals surface area (Å²) >= 11 is 0. The van der Waals surface area contributed by atoms with Gasteiger partial charge in [0, 0.05) is 26.7 Å². The number of hydrogen-bond acceptors (Lipinski definition) is 5. The lowest BCUT2D eigenvalue weighted by molar-refractivity contribution is 0.0300. The molecule has 1 aromatic carbocycles. The highest BCUT2D eigenvalue weighted by atomic mass is 16.6. The number of likely N-dealkylation sites (N-methyl/N-ethyl adjacent to an activating group) is 1. The van der Waals surface area contributed by atoms with Crippen LogP contribution in [0, 0.1) is 11.3 Å². The summed E-state index contributed by atoms with van der Waals surface area (Å²) in [5.74, 6) is 0.681. The first kappa shape index (κ1) is 18.8. The second kappa shape index (κ2) is 9.01. The van der Waals surface area contributed by atoms with E-state index in [0.29, 0.717) is 25.4 Å². The van der Waals surface area contributed by atoms with Gasteiger partial charge in [0.2, 0.25) is 0 Å². The van der Waals surface area contributed by atoms with Gasteiger partial charge in [0.1, 0.15) is 17.4 Å². The molecule has 0 heterocycles. The molecule has 0 aliphatic carbocycles. The Kier molecular flexibility index (Phi) is 7.36. The molecule has 126 valence electrons. The Morgan fingerprint density at radius 1 is 1.30 bits per heavy atom. The molecule has 0 unspecified atom stereocenters. The van der Waals surface area contributed by atoms with Crippen LogP contribution in [-0.4, -0.2) is 43.3 Å². The third kappa shape index (κ3) is 8.07. The van der Waals surface area contributed by atoms with Gasteiger partial charge in [-0.25, -0.2) is 4.79 Å². The van der Waals surface area contributed by atoms with Gasteiger partial charge in [0.15, 0.2) is 6.61 Å². The number of nitrogens with zero attached hydrogens (tertiary/aromatic N) is 2. The van der Waals surface area contributed by atoms with Crippen LogP contribution < -0.4 is 10.1 Å². The number of carbonyl (C=O) groups excluding carboxylic acids is 1. The summed E-state index contributed by atoms with van der Waals surface area (Å²) in [7, 11) is 1.72. The Morgan fingerprint density at radius 2 is 1.96 bits per heavy atom. The number of carbonyl (C=O) groups is 1. The molecule has 0 radical (unpaired) electrons. The second-order valence-electron chi connectivity index (χ2n) is 6.17. The summed E-state index contributed by atoms with van der Waals surface area (Å²) in [6.45, 7) is 7.53. The van der Waals surface area contributed by atoms with Gasteiger partial charge in [-0.3, -0.25) is 0 Å². The van der Waals surface area contributed by atoms with E-state index in [2.05, 4.69) is 5.32 Å². The van der Waals surface area contributed by atoms with E-state index in [9.17, 15) is 4.79 Å².